The number of carbonyl (C=O) groups excluding carboxylic acids is 10. The molecule has 1 saturated heterocycles. The Morgan fingerprint density at radius 3 is 1.06 bits per heavy atom. The van der Waals surface area contributed by atoms with Gasteiger partial charge in [0, 0.05) is 110 Å². The highest BCUT2D eigenvalue weighted by Crippen LogP contribution is 2.26. The van der Waals surface area contributed by atoms with E-state index in [0.717, 1.165) is 56.3 Å². The average molecular weight is 1430 g/mol. The van der Waals surface area contributed by atoms with E-state index in [9.17, 15) is 47.9 Å². The van der Waals surface area contributed by atoms with Crippen LogP contribution < -0.4 is 42.5 Å². The minimum absolute atomic E-state index is 0.00915. The van der Waals surface area contributed by atoms with Crippen molar-refractivity contribution < 1.29 is 76.4 Å². The second-order valence-electron chi connectivity index (χ2n) is 26.3. The second-order valence-corrected chi connectivity index (χ2v) is 26.3. The Bertz CT molecular complexity index is 2240. The third kappa shape index (κ3) is 59.3. The summed E-state index contributed by atoms with van der Waals surface area (Å²) in [5.74, 6) is -2.97. The maximum Gasteiger partial charge on any atom is 0.242 e. The maximum atomic E-state index is 13.4. The fraction of sp³-hybridized carbons (Fsp3) is 0.816. The van der Waals surface area contributed by atoms with Gasteiger partial charge < -0.3 is 71.0 Å². The van der Waals surface area contributed by atoms with Crippen LogP contribution in [0.15, 0.2) is 24.3 Å². The molecule has 101 heavy (non-hydrogen) atoms. The predicted octanol–water partition coefficient (Wildman–Crippen LogP) is 8.83. The number of amides is 10. The third-order valence-corrected chi connectivity index (χ3v) is 17.0. The van der Waals surface area contributed by atoms with Crippen molar-refractivity contribution in [2.75, 3.05) is 132 Å². The van der Waals surface area contributed by atoms with Crippen molar-refractivity contribution in [3.63, 3.8) is 0 Å². The number of rotatable bonds is 72. The molecule has 0 aromatic rings. The van der Waals surface area contributed by atoms with E-state index < -0.39 is 17.9 Å². The highest BCUT2D eigenvalue weighted by atomic mass is 16.5. The Morgan fingerprint density at radius 1 is 0.366 bits per heavy atom. The lowest BCUT2D eigenvalue weighted by atomic mass is 9.94. The van der Waals surface area contributed by atoms with E-state index in [1.165, 1.54) is 116 Å². The summed E-state index contributed by atoms with van der Waals surface area (Å²) >= 11 is 0. The molecule has 0 saturated carbocycles. The van der Waals surface area contributed by atoms with Crippen LogP contribution in [-0.2, 0) is 76.4 Å². The molecule has 0 spiro atoms. The van der Waals surface area contributed by atoms with Crippen LogP contribution in [0.25, 0.3) is 0 Å². The van der Waals surface area contributed by atoms with Crippen molar-refractivity contribution in [3.8, 4) is 0 Å². The van der Waals surface area contributed by atoms with Crippen molar-refractivity contribution in [3.05, 3.63) is 24.3 Å². The van der Waals surface area contributed by atoms with Gasteiger partial charge in [-0.15, -0.1) is 0 Å². The Kier molecular flexibility index (Phi) is 63.2. The van der Waals surface area contributed by atoms with Gasteiger partial charge in [0.05, 0.1) is 79.3 Å². The topological polar surface area (TPSA) is 326 Å². The Hall–Kier alpha value is -5.86. The molecule has 0 aromatic heterocycles. The zero-order valence-electron chi connectivity index (χ0n) is 62.9. The fourth-order valence-corrected chi connectivity index (χ4v) is 10.9. The quantitative estimate of drug-likeness (QED) is 0.0160. The van der Waals surface area contributed by atoms with E-state index in [1.807, 2.05) is 13.8 Å². The summed E-state index contributed by atoms with van der Waals surface area (Å²) in [4.78, 5) is 127. The van der Waals surface area contributed by atoms with E-state index in [-0.39, 0.29) is 190 Å². The van der Waals surface area contributed by atoms with Gasteiger partial charge in [-0.2, -0.15) is 0 Å². The second kappa shape index (κ2) is 68.6. The van der Waals surface area contributed by atoms with E-state index in [0.29, 0.717) is 58.8 Å². The lowest BCUT2D eigenvalue weighted by Gasteiger charge is -2.19. The highest BCUT2D eigenvalue weighted by molar-refractivity contribution is 6.04. The van der Waals surface area contributed by atoms with Crippen molar-refractivity contribution in [2.45, 2.75) is 258 Å². The van der Waals surface area contributed by atoms with Crippen LogP contribution in [0, 0.1) is 11.8 Å². The number of imide groups is 1. The average Bonchev–Trinajstić information content (AvgIpc) is 1.69. The lowest BCUT2D eigenvalue weighted by Crippen LogP contribution is -2.48. The molecule has 25 nitrogen and oxygen atoms in total. The number of likely N-dealkylation sites (tertiary alicyclic amines) is 1. The molecule has 1 fully saturated rings. The summed E-state index contributed by atoms with van der Waals surface area (Å²) in [6.45, 7) is 12.3. The van der Waals surface area contributed by atoms with Gasteiger partial charge in [-0.1, -0.05) is 155 Å². The van der Waals surface area contributed by atoms with Crippen LogP contribution in [0.3, 0.4) is 0 Å². The number of hydrogen-bond donors (Lipinski definition) is 8. The van der Waals surface area contributed by atoms with E-state index in [1.54, 1.807) is 0 Å². The summed E-state index contributed by atoms with van der Waals surface area (Å²) in [6, 6.07) is -1.08. The van der Waals surface area contributed by atoms with E-state index >= 15 is 0 Å². The van der Waals surface area contributed by atoms with Crippen LogP contribution in [0.1, 0.15) is 252 Å². The molecule has 582 valence electrons. The summed E-state index contributed by atoms with van der Waals surface area (Å²) in [5, 5.41) is 22.1. The molecule has 1 unspecified atom stereocenters. The van der Waals surface area contributed by atoms with Crippen molar-refractivity contribution in [1.82, 2.24) is 47.4 Å². The van der Waals surface area contributed by atoms with Crippen molar-refractivity contribution in [1.29, 1.82) is 0 Å². The van der Waals surface area contributed by atoms with Crippen LogP contribution in [0.4, 0.5) is 0 Å². The van der Waals surface area contributed by atoms with Gasteiger partial charge in [0.2, 0.25) is 59.1 Å². The van der Waals surface area contributed by atoms with E-state index in [2.05, 4.69) is 80.7 Å². The van der Waals surface area contributed by atoms with Crippen LogP contribution in [-0.4, -0.2) is 202 Å². The standard InChI is InChI=1S/C76H137N9O16/c1-5-7-9-11-13-15-17-19-21-23-25-27-29-31-33-35-67(86)77-44-55-99-57-46-81-71(90)40-51-96-54-43-79-69(88)38-37-66(84-73(92)42-53-98-61-62-101-59-48-80-70(89)39-50-85-74(93)63-65(64(3)4)76(85)95)75(94)83-49-60-97-52-41-72(91)82-47-58-100-56-45-78-68(87)36-34-32-30-28-26-24-22-20-18-16-14-12-10-8-6-2/h19-22,64-66H,5-18,23-63H2,1-4H3,(H,77,86)(H,78,87)(H,79,88)(H,80,89)(H,81,90)(H,82,91)(H,83,94)(H,84,92)/b21-19-,22-20-/t65?,66-/m0/s1. The first-order valence-corrected chi connectivity index (χ1v) is 39.0. The largest absolute Gasteiger partial charge is 0.379 e. The van der Waals surface area contributed by atoms with Gasteiger partial charge in [-0.3, -0.25) is 52.8 Å². The van der Waals surface area contributed by atoms with Crippen molar-refractivity contribution >= 4 is 59.1 Å². The molecule has 0 aromatic carbocycles. The molecule has 0 bridgehead atoms. The molecule has 1 aliphatic rings. The zero-order valence-corrected chi connectivity index (χ0v) is 62.9. The molecule has 0 aliphatic carbocycles. The number of unbranched alkanes of at least 4 members (excludes halogenated alkanes) is 22. The smallest absolute Gasteiger partial charge is 0.242 e. The molecule has 10 amide bonds. The fourth-order valence-electron chi connectivity index (χ4n) is 10.9. The molecular formula is C76H137N9O16. The summed E-state index contributed by atoms with van der Waals surface area (Å²) in [7, 11) is 0. The van der Waals surface area contributed by atoms with Gasteiger partial charge in [0.15, 0.2) is 0 Å². The molecule has 1 rings (SSSR count). The van der Waals surface area contributed by atoms with E-state index in [4.69, 9.17) is 28.4 Å². The van der Waals surface area contributed by atoms with Gasteiger partial charge in [0.1, 0.15) is 6.04 Å². The van der Waals surface area contributed by atoms with Crippen LogP contribution in [0.5, 0.6) is 0 Å². The summed E-state index contributed by atoms with van der Waals surface area (Å²) < 4.78 is 33.3. The third-order valence-electron chi connectivity index (χ3n) is 17.0. The van der Waals surface area contributed by atoms with Crippen LogP contribution in [0.2, 0.25) is 0 Å². The number of carbonyl (C=O) groups is 10. The molecule has 1 heterocycles. The maximum absolute atomic E-state index is 13.4. The molecular weight excluding hydrogens is 1290 g/mol. The van der Waals surface area contributed by atoms with Gasteiger partial charge in [0.25, 0.3) is 0 Å². The first kappa shape index (κ1) is 93.2. The Labute approximate surface area is 606 Å². The normalized spacial score (nSPS) is 13.3. The van der Waals surface area contributed by atoms with Crippen molar-refractivity contribution in [2.24, 2.45) is 11.8 Å². The SMILES string of the molecule is CCCCCCCC/C=C\CCCCCCCC(=O)NCCOCCNC(=O)CCOCCNC(=O)CC[C@H](NC(=O)CCOCCOCCNC(=O)CCN1C(=O)CC(C(C)C)C1=O)C(=O)NCCOCCC(=O)NCCOCCNC(=O)CCCCCCC/C=C\CCCCCCCC. The summed E-state index contributed by atoms with van der Waals surface area (Å²) in [5.41, 5.74) is 0. The Balaban J connectivity index is 2.32. The minimum atomic E-state index is -1.08. The molecule has 1 aliphatic heterocycles. The van der Waals surface area contributed by atoms with Gasteiger partial charge in [-0.05, 0) is 76.5 Å². The number of hydrogen-bond acceptors (Lipinski definition) is 16. The first-order valence-electron chi connectivity index (χ1n) is 39.0. The number of nitrogens with one attached hydrogen (secondary N) is 8. The lowest BCUT2D eigenvalue weighted by molar-refractivity contribution is -0.140. The molecule has 8 N–H and O–H groups in total. The highest BCUT2D eigenvalue weighted by Gasteiger charge is 2.40. The zero-order chi connectivity index (χ0) is 73.7. The molecule has 25 heteroatoms. The Morgan fingerprint density at radius 2 is 0.673 bits per heavy atom. The first-order chi connectivity index (χ1) is 49.2. The number of nitrogens with zero attached hydrogens (tertiary/aromatic N) is 1. The number of allylic oxidation sites excluding steroid dienone is 4. The molecule has 2 atom stereocenters. The predicted molar refractivity (Wildman–Crippen MR) is 394 cm³/mol. The monoisotopic (exact) mass is 1430 g/mol. The molecule has 0 radical (unpaired) electrons. The summed E-state index contributed by atoms with van der Waals surface area (Å²) in [6.07, 6.45) is 41.8. The minimum Gasteiger partial charge on any atom is -0.379 e. The van der Waals surface area contributed by atoms with Gasteiger partial charge >= 0.3 is 0 Å². The van der Waals surface area contributed by atoms with Crippen LogP contribution >= 0.6 is 0 Å². The van der Waals surface area contributed by atoms with Gasteiger partial charge in [-0.25, -0.2) is 0 Å². The number of ether oxygens (including phenoxy) is 6.